The van der Waals surface area contributed by atoms with Crippen molar-refractivity contribution >= 4 is 17.7 Å². The van der Waals surface area contributed by atoms with Crippen LogP contribution in [-0.4, -0.2) is 35.5 Å². The van der Waals surface area contributed by atoms with Gasteiger partial charge < -0.3 is 10.6 Å². The predicted octanol–water partition coefficient (Wildman–Crippen LogP) is 1.53. The van der Waals surface area contributed by atoms with Crippen molar-refractivity contribution in [1.29, 1.82) is 0 Å². The molecule has 2 saturated heterocycles. The fourth-order valence-electron chi connectivity index (χ4n) is 2.45. The van der Waals surface area contributed by atoms with Crippen molar-refractivity contribution in [2.24, 2.45) is 0 Å². The minimum Gasteiger partial charge on any atom is -0.351 e. The van der Waals surface area contributed by atoms with Gasteiger partial charge in [0.1, 0.15) is 0 Å². The van der Waals surface area contributed by atoms with Gasteiger partial charge in [-0.05, 0) is 51.3 Å². The number of amides is 1. The molecule has 2 aliphatic rings. The summed E-state index contributed by atoms with van der Waals surface area (Å²) < 4.78 is 0. The molecule has 4 heteroatoms. The van der Waals surface area contributed by atoms with Gasteiger partial charge >= 0.3 is 0 Å². The van der Waals surface area contributed by atoms with Crippen LogP contribution in [-0.2, 0) is 4.79 Å². The van der Waals surface area contributed by atoms with Gasteiger partial charge in [0.15, 0.2) is 0 Å². The van der Waals surface area contributed by atoms with E-state index in [1.807, 2.05) is 18.7 Å². The van der Waals surface area contributed by atoms with Gasteiger partial charge in [-0.15, -0.1) is 0 Å². The first-order valence-electron chi connectivity index (χ1n) is 6.34. The predicted molar refractivity (Wildman–Crippen MR) is 68.7 cm³/mol. The molecule has 0 bridgehead atoms. The zero-order valence-corrected chi connectivity index (χ0v) is 10.9. The largest absolute Gasteiger partial charge is 0.351 e. The average molecular weight is 242 g/mol. The standard InChI is InChI=1S/C12H22N2OS/c1-12(6-2-3-7-13-12)11(15)14-10-5-4-8-16-9-10/h10,13H,2-9H2,1H3,(H,14,15). The van der Waals surface area contributed by atoms with Crippen LogP contribution in [0.1, 0.15) is 39.0 Å². The Morgan fingerprint density at radius 3 is 2.94 bits per heavy atom. The molecule has 2 fully saturated rings. The molecule has 0 aromatic rings. The van der Waals surface area contributed by atoms with Gasteiger partial charge in [-0.2, -0.15) is 11.8 Å². The number of hydrogen-bond acceptors (Lipinski definition) is 3. The Balaban J connectivity index is 1.85. The Morgan fingerprint density at radius 1 is 1.44 bits per heavy atom. The van der Waals surface area contributed by atoms with E-state index in [0.29, 0.717) is 6.04 Å². The Kier molecular flexibility index (Phi) is 4.14. The van der Waals surface area contributed by atoms with E-state index in [2.05, 4.69) is 10.6 Å². The van der Waals surface area contributed by atoms with Crippen molar-refractivity contribution in [3.8, 4) is 0 Å². The molecule has 2 heterocycles. The van der Waals surface area contributed by atoms with Crippen LogP contribution in [0.5, 0.6) is 0 Å². The van der Waals surface area contributed by atoms with E-state index in [0.717, 1.165) is 31.6 Å². The number of nitrogens with one attached hydrogen (secondary N) is 2. The van der Waals surface area contributed by atoms with Gasteiger partial charge in [-0.3, -0.25) is 4.79 Å². The quantitative estimate of drug-likeness (QED) is 0.771. The highest BCUT2D eigenvalue weighted by Gasteiger charge is 2.35. The second-order valence-electron chi connectivity index (χ2n) is 5.10. The molecular formula is C12H22N2OS. The van der Waals surface area contributed by atoms with Gasteiger partial charge in [0.2, 0.25) is 5.91 Å². The van der Waals surface area contributed by atoms with Crippen LogP contribution in [0.2, 0.25) is 0 Å². The zero-order valence-electron chi connectivity index (χ0n) is 10.1. The van der Waals surface area contributed by atoms with Crippen LogP contribution >= 0.6 is 11.8 Å². The highest BCUT2D eigenvalue weighted by Crippen LogP contribution is 2.21. The van der Waals surface area contributed by atoms with Crippen LogP contribution in [0.4, 0.5) is 0 Å². The third-order valence-corrected chi connectivity index (χ3v) is 4.83. The molecule has 1 amide bonds. The van der Waals surface area contributed by atoms with Crippen LogP contribution in [0, 0.1) is 0 Å². The molecule has 0 aromatic heterocycles. The molecule has 2 unspecified atom stereocenters. The highest BCUT2D eigenvalue weighted by atomic mass is 32.2. The summed E-state index contributed by atoms with van der Waals surface area (Å²) >= 11 is 1.96. The first-order chi connectivity index (χ1) is 7.71. The SMILES string of the molecule is CC1(C(=O)NC2CCCSC2)CCCCN1. The Hall–Kier alpha value is -0.220. The molecule has 3 nitrogen and oxygen atoms in total. The lowest BCUT2D eigenvalue weighted by Gasteiger charge is -2.35. The summed E-state index contributed by atoms with van der Waals surface area (Å²) in [5.41, 5.74) is -0.319. The molecule has 2 atom stereocenters. The molecule has 2 aliphatic heterocycles. The maximum Gasteiger partial charge on any atom is 0.240 e. The van der Waals surface area contributed by atoms with Crippen molar-refractivity contribution in [2.75, 3.05) is 18.1 Å². The van der Waals surface area contributed by atoms with E-state index in [4.69, 9.17) is 0 Å². The van der Waals surface area contributed by atoms with Gasteiger partial charge in [0.05, 0.1) is 5.54 Å². The summed E-state index contributed by atoms with van der Waals surface area (Å²) in [6.45, 7) is 3.01. The Labute approximate surface area is 102 Å². The topological polar surface area (TPSA) is 41.1 Å². The molecular weight excluding hydrogens is 220 g/mol. The highest BCUT2D eigenvalue weighted by molar-refractivity contribution is 7.99. The summed E-state index contributed by atoms with van der Waals surface area (Å²) in [6.07, 6.45) is 5.71. The lowest BCUT2D eigenvalue weighted by atomic mass is 9.89. The average Bonchev–Trinajstić information content (AvgIpc) is 2.31. The molecule has 2 rings (SSSR count). The molecule has 2 N–H and O–H groups in total. The van der Waals surface area contributed by atoms with E-state index in [9.17, 15) is 4.79 Å². The van der Waals surface area contributed by atoms with E-state index < -0.39 is 0 Å². The van der Waals surface area contributed by atoms with Gasteiger partial charge in [-0.1, -0.05) is 0 Å². The number of thioether (sulfide) groups is 1. The Bertz CT molecular complexity index is 245. The smallest absolute Gasteiger partial charge is 0.240 e. The lowest BCUT2D eigenvalue weighted by Crippen LogP contribution is -2.59. The second-order valence-corrected chi connectivity index (χ2v) is 6.25. The number of carbonyl (C=O) groups excluding carboxylic acids is 1. The fraction of sp³-hybridized carbons (Fsp3) is 0.917. The molecule has 16 heavy (non-hydrogen) atoms. The van der Waals surface area contributed by atoms with Crippen molar-refractivity contribution in [1.82, 2.24) is 10.6 Å². The van der Waals surface area contributed by atoms with E-state index in [1.54, 1.807) is 0 Å². The third-order valence-electron chi connectivity index (χ3n) is 3.62. The minimum absolute atomic E-state index is 0.208. The minimum atomic E-state index is -0.319. The fourth-order valence-corrected chi connectivity index (χ4v) is 3.52. The van der Waals surface area contributed by atoms with E-state index in [1.165, 1.54) is 18.6 Å². The van der Waals surface area contributed by atoms with Crippen molar-refractivity contribution < 1.29 is 4.79 Å². The van der Waals surface area contributed by atoms with Crippen molar-refractivity contribution in [2.45, 2.75) is 50.6 Å². The van der Waals surface area contributed by atoms with E-state index >= 15 is 0 Å². The summed E-state index contributed by atoms with van der Waals surface area (Å²) in [5.74, 6) is 2.55. The molecule has 0 spiro atoms. The molecule has 92 valence electrons. The van der Waals surface area contributed by atoms with Crippen LogP contribution in [0.3, 0.4) is 0 Å². The number of piperidine rings is 1. The maximum atomic E-state index is 12.2. The lowest BCUT2D eigenvalue weighted by molar-refractivity contribution is -0.128. The summed E-state index contributed by atoms with van der Waals surface area (Å²) in [4.78, 5) is 12.2. The van der Waals surface area contributed by atoms with Gasteiger partial charge in [0, 0.05) is 11.8 Å². The summed E-state index contributed by atoms with van der Waals surface area (Å²) in [7, 11) is 0. The molecule has 0 radical (unpaired) electrons. The monoisotopic (exact) mass is 242 g/mol. The Morgan fingerprint density at radius 2 is 2.31 bits per heavy atom. The van der Waals surface area contributed by atoms with Crippen LogP contribution in [0.25, 0.3) is 0 Å². The first-order valence-corrected chi connectivity index (χ1v) is 7.50. The summed E-state index contributed by atoms with van der Waals surface area (Å²) in [6, 6.07) is 0.395. The number of hydrogen-bond donors (Lipinski definition) is 2. The van der Waals surface area contributed by atoms with Crippen molar-refractivity contribution in [3.63, 3.8) is 0 Å². The number of rotatable bonds is 2. The molecule has 0 aromatic carbocycles. The second kappa shape index (κ2) is 5.41. The first kappa shape index (κ1) is 12.2. The summed E-state index contributed by atoms with van der Waals surface area (Å²) in [5, 5.41) is 6.57. The van der Waals surface area contributed by atoms with Crippen LogP contribution < -0.4 is 10.6 Å². The third kappa shape index (κ3) is 2.92. The molecule has 0 aliphatic carbocycles. The zero-order chi connectivity index (χ0) is 11.4. The van der Waals surface area contributed by atoms with E-state index in [-0.39, 0.29) is 11.4 Å². The normalized spacial score (nSPS) is 35.7. The van der Waals surface area contributed by atoms with Crippen molar-refractivity contribution in [3.05, 3.63) is 0 Å². The molecule has 0 saturated carbocycles. The van der Waals surface area contributed by atoms with Gasteiger partial charge in [-0.25, -0.2) is 0 Å². The van der Waals surface area contributed by atoms with Gasteiger partial charge in [0.25, 0.3) is 0 Å². The number of carbonyl (C=O) groups is 1. The van der Waals surface area contributed by atoms with Crippen LogP contribution in [0.15, 0.2) is 0 Å². The maximum absolute atomic E-state index is 12.2.